The molecule has 2 rings (SSSR count). The molecule has 1 aromatic carbocycles. The summed E-state index contributed by atoms with van der Waals surface area (Å²) in [6.45, 7) is 2.75. The first-order chi connectivity index (χ1) is 9.60. The van der Waals surface area contributed by atoms with Gasteiger partial charge in [-0.25, -0.2) is 4.39 Å². The Morgan fingerprint density at radius 1 is 1.50 bits per heavy atom. The lowest BCUT2D eigenvalue weighted by Crippen LogP contribution is -2.49. The van der Waals surface area contributed by atoms with E-state index in [4.69, 9.17) is 16.3 Å². The Labute approximate surface area is 125 Å². The van der Waals surface area contributed by atoms with E-state index in [1.165, 1.54) is 20.0 Å². The van der Waals surface area contributed by atoms with E-state index in [0.717, 1.165) is 12.8 Å². The van der Waals surface area contributed by atoms with Crippen LogP contribution in [0.1, 0.15) is 38.2 Å². The van der Waals surface area contributed by atoms with Crippen LogP contribution in [-0.2, 0) is 6.54 Å². The summed E-state index contributed by atoms with van der Waals surface area (Å²) in [6.07, 6.45) is 4.56. The predicted molar refractivity (Wildman–Crippen MR) is 80.9 cm³/mol. The molecule has 2 unspecified atom stereocenters. The molecule has 20 heavy (non-hydrogen) atoms. The van der Waals surface area contributed by atoms with Crippen molar-refractivity contribution in [1.82, 2.24) is 5.32 Å². The van der Waals surface area contributed by atoms with Crippen molar-refractivity contribution in [2.45, 2.75) is 44.7 Å². The van der Waals surface area contributed by atoms with E-state index in [9.17, 15) is 4.39 Å². The Hall–Kier alpha value is -0.800. The number of hydrogen-bond donors (Lipinski definition) is 1. The van der Waals surface area contributed by atoms with Gasteiger partial charge in [-0.1, -0.05) is 31.9 Å². The minimum atomic E-state index is -0.281. The number of alkyl halides is 1. The maximum Gasteiger partial charge on any atom is 0.169 e. The Morgan fingerprint density at radius 2 is 2.30 bits per heavy atom. The van der Waals surface area contributed by atoms with Gasteiger partial charge in [0.25, 0.3) is 0 Å². The molecule has 1 fully saturated rings. The van der Waals surface area contributed by atoms with Crippen LogP contribution in [0, 0.1) is 11.7 Å². The number of rotatable bonds is 5. The van der Waals surface area contributed by atoms with Crippen molar-refractivity contribution in [3.8, 4) is 5.75 Å². The second-order valence-corrected chi connectivity index (χ2v) is 6.17. The van der Waals surface area contributed by atoms with Gasteiger partial charge in [-0.15, -0.1) is 11.6 Å². The van der Waals surface area contributed by atoms with E-state index in [1.54, 1.807) is 12.1 Å². The van der Waals surface area contributed by atoms with Crippen LogP contribution in [0.3, 0.4) is 0 Å². The van der Waals surface area contributed by atoms with Crippen molar-refractivity contribution in [1.29, 1.82) is 0 Å². The van der Waals surface area contributed by atoms with Gasteiger partial charge < -0.3 is 10.1 Å². The summed E-state index contributed by atoms with van der Waals surface area (Å²) in [5.41, 5.74) is 0.571. The SMILES string of the molecule is COc1cccc(CNC2(CCl)CCCC(C)C2)c1F. The van der Waals surface area contributed by atoms with Crippen LogP contribution >= 0.6 is 11.6 Å². The van der Waals surface area contributed by atoms with Gasteiger partial charge >= 0.3 is 0 Å². The third-order valence-corrected chi connectivity index (χ3v) is 4.78. The van der Waals surface area contributed by atoms with Crippen LogP contribution in [0.5, 0.6) is 5.75 Å². The summed E-state index contributed by atoms with van der Waals surface area (Å²) in [5, 5.41) is 3.50. The lowest BCUT2D eigenvalue weighted by Gasteiger charge is -2.39. The Kier molecular flexibility index (Phi) is 5.28. The molecule has 1 aliphatic carbocycles. The second kappa shape index (κ2) is 6.77. The van der Waals surface area contributed by atoms with Crippen molar-refractivity contribution in [2.24, 2.45) is 5.92 Å². The summed E-state index contributed by atoms with van der Waals surface area (Å²) in [5.74, 6) is 1.26. The van der Waals surface area contributed by atoms with Gasteiger partial charge in [-0.2, -0.15) is 0 Å². The number of nitrogens with one attached hydrogen (secondary N) is 1. The Balaban J connectivity index is 2.07. The van der Waals surface area contributed by atoms with Crippen molar-refractivity contribution in [3.63, 3.8) is 0 Å². The van der Waals surface area contributed by atoms with Gasteiger partial charge in [-0.3, -0.25) is 0 Å². The number of ether oxygens (including phenoxy) is 1. The number of benzene rings is 1. The first-order valence-corrected chi connectivity index (χ1v) is 7.76. The largest absolute Gasteiger partial charge is 0.494 e. The highest BCUT2D eigenvalue weighted by atomic mass is 35.5. The second-order valence-electron chi connectivity index (χ2n) is 5.90. The molecule has 1 N–H and O–H groups in total. The van der Waals surface area contributed by atoms with Crippen LogP contribution in [0.25, 0.3) is 0 Å². The van der Waals surface area contributed by atoms with Crippen LogP contribution < -0.4 is 10.1 Å². The van der Waals surface area contributed by atoms with E-state index in [-0.39, 0.29) is 11.4 Å². The Bertz CT molecular complexity index is 454. The minimum absolute atomic E-state index is 0.0608. The lowest BCUT2D eigenvalue weighted by atomic mass is 9.77. The number of hydrogen-bond acceptors (Lipinski definition) is 2. The van der Waals surface area contributed by atoms with Crippen LogP contribution in [0.2, 0.25) is 0 Å². The van der Waals surface area contributed by atoms with E-state index in [1.807, 2.05) is 6.07 Å². The summed E-state index contributed by atoms with van der Waals surface area (Å²) in [4.78, 5) is 0. The maximum atomic E-state index is 14.1. The molecule has 0 spiro atoms. The number of halogens is 2. The standard InChI is InChI=1S/C16H23ClFNO/c1-12-5-4-8-16(9-12,11-17)19-10-13-6-3-7-14(20-2)15(13)18/h3,6-7,12,19H,4-5,8-11H2,1-2H3. The fourth-order valence-corrected chi connectivity index (χ4v) is 3.46. The molecule has 1 aliphatic rings. The molecule has 1 saturated carbocycles. The predicted octanol–water partition coefficient (Wildman–Crippen LogP) is 4.11. The van der Waals surface area contributed by atoms with Crippen molar-refractivity contribution < 1.29 is 9.13 Å². The summed E-state index contributed by atoms with van der Waals surface area (Å²) in [6, 6.07) is 5.24. The summed E-state index contributed by atoms with van der Waals surface area (Å²) >= 11 is 6.19. The van der Waals surface area contributed by atoms with Gasteiger partial charge in [0, 0.05) is 23.5 Å². The fraction of sp³-hybridized carbons (Fsp3) is 0.625. The smallest absolute Gasteiger partial charge is 0.169 e. The molecule has 4 heteroatoms. The highest BCUT2D eigenvalue weighted by Crippen LogP contribution is 2.33. The molecular weight excluding hydrogens is 277 g/mol. The molecule has 0 heterocycles. The topological polar surface area (TPSA) is 21.3 Å². The maximum absolute atomic E-state index is 14.1. The third-order valence-electron chi connectivity index (χ3n) is 4.26. The number of methoxy groups -OCH3 is 1. The molecule has 0 aliphatic heterocycles. The molecule has 0 aromatic heterocycles. The summed E-state index contributed by atoms with van der Waals surface area (Å²) < 4.78 is 19.2. The van der Waals surface area contributed by atoms with E-state index >= 15 is 0 Å². The van der Waals surface area contributed by atoms with Crippen LogP contribution in [0.15, 0.2) is 18.2 Å². The van der Waals surface area contributed by atoms with Crippen molar-refractivity contribution in [3.05, 3.63) is 29.6 Å². The van der Waals surface area contributed by atoms with Gasteiger partial charge in [0.05, 0.1) is 7.11 Å². The Morgan fingerprint density at radius 3 is 2.95 bits per heavy atom. The van der Waals surface area contributed by atoms with E-state index < -0.39 is 0 Å². The minimum Gasteiger partial charge on any atom is -0.494 e. The monoisotopic (exact) mass is 299 g/mol. The molecule has 112 valence electrons. The quantitative estimate of drug-likeness (QED) is 0.826. The first kappa shape index (κ1) is 15.6. The van der Waals surface area contributed by atoms with Gasteiger partial charge in [-0.05, 0) is 24.8 Å². The lowest BCUT2D eigenvalue weighted by molar-refractivity contribution is 0.206. The summed E-state index contributed by atoms with van der Waals surface area (Å²) in [7, 11) is 1.48. The van der Waals surface area contributed by atoms with Crippen molar-refractivity contribution >= 4 is 11.6 Å². The molecule has 2 nitrogen and oxygen atoms in total. The molecule has 0 radical (unpaired) electrons. The molecule has 0 bridgehead atoms. The van der Waals surface area contributed by atoms with E-state index in [0.29, 0.717) is 29.7 Å². The third kappa shape index (κ3) is 3.44. The van der Waals surface area contributed by atoms with Gasteiger partial charge in [0.15, 0.2) is 11.6 Å². The first-order valence-electron chi connectivity index (χ1n) is 7.22. The average molecular weight is 300 g/mol. The fourth-order valence-electron chi connectivity index (χ4n) is 3.12. The molecule has 0 amide bonds. The normalized spacial score (nSPS) is 26.5. The average Bonchev–Trinajstić information content (AvgIpc) is 2.46. The zero-order valence-corrected chi connectivity index (χ0v) is 13.0. The molecular formula is C16H23ClFNO. The zero-order chi connectivity index (χ0) is 14.6. The van der Waals surface area contributed by atoms with Crippen LogP contribution in [0.4, 0.5) is 4.39 Å². The van der Waals surface area contributed by atoms with Gasteiger partial charge in [0.2, 0.25) is 0 Å². The van der Waals surface area contributed by atoms with E-state index in [2.05, 4.69) is 12.2 Å². The van der Waals surface area contributed by atoms with Gasteiger partial charge in [0.1, 0.15) is 0 Å². The molecule has 0 saturated heterocycles. The highest BCUT2D eigenvalue weighted by Gasteiger charge is 2.33. The molecule has 1 aromatic rings. The highest BCUT2D eigenvalue weighted by molar-refractivity contribution is 6.18. The zero-order valence-electron chi connectivity index (χ0n) is 12.2. The van der Waals surface area contributed by atoms with Crippen molar-refractivity contribution in [2.75, 3.05) is 13.0 Å². The van der Waals surface area contributed by atoms with Crippen LogP contribution in [-0.4, -0.2) is 18.5 Å². The molecule has 2 atom stereocenters.